The summed E-state index contributed by atoms with van der Waals surface area (Å²) >= 11 is 1.37. The Bertz CT molecular complexity index is 894. The molecule has 0 unspecified atom stereocenters. The lowest BCUT2D eigenvalue weighted by Crippen LogP contribution is -2.00. The number of thioether (sulfide) groups is 1. The molecule has 0 fully saturated rings. The van der Waals surface area contributed by atoms with E-state index < -0.39 is 0 Å². The molecule has 3 rings (SSSR count). The van der Waals surface area contributed by atoms with E-state index in [4.69, 9.17) is 0 Å². The predicted molar refractivity (Wildman–Crippen MR) is 91.3 cm³/mol. The minimum Gasteiger partial charge on any atom is -0.258 e. The number of para-hydroxylation sites is 1. The first-order valence-electron chi connectivity index (χ1n) is 7.27. The molecule has 24 heavy (non-hydrogen) atoms. The Morgan fingerprint density at radius 3 is 2.71 bits per heavy atom. The van der Waals surface area contributed by atoms with Crippen LogP contribution in [0.4, 0.5) is 5.69 Å². The number of rotatable bonds is 5. The average molecular weight is 341 g/mol. The molecular weight excluding hydrogens is 326 g/mol. The fourth-order valence-electron chi connectivity index (χ4n) is 2.24. The maximum atomic E-state index is 11.1. The number of nitro groups is 1. The van der Waals surface area contributed by atoms with Crippen molar-refractivity contribution in [3.8, 4) is 5.69 Å². The van der Waals surface area contributed by atoms with E-state index in [0.717, 1.165) is 11.3 Å². The zero-order chi connectivity index (χ0) is 17.1. The van der Waals surface area contributed by atoms with Gasteiger partial charge in [0.25, 0.3) is 5.69 Å². The number of nitro benzene ring substituents is 1. The van der Waals surface area contributed by atoms with Crippen molar-refractivity contribution in [1.29, 1.82) is 0 Å². The van der Waals surface area contributed by atoms with Gasteiger partial charge in [0.2, 0.25) is 5.16 Å². The van der Waals surface area contributed by atoms with Gasteiger partial charge in [0.05, 0.1) is 10.6 Å². The first kappa shape index (κ1) is 16.1. The van der Waals surface area contributed by atoms with Crippen LogP contribution in [0.15, 0.2) is 47.6 Å². The monoisotopic (exact) mass is 341 g/mol. The van der Waals surface area contributed by atoms with Gasteiger partial charge >= 0.3 is 0 Å². The van der Waals surface area contributed by atoms with Crippen LogP contribution >= 0.6 is 11.8 Å². The van der Waals surface area contributed by atoms with Crippen LogP contribution in [0, 0.1) is 24.0 Å². The Morgan fingerprint density at radius 2 is 1.96 bits per heavy atom. The molecule has 1 heterocycles. The summed E-state index contributed by atoms with van der Waals surface area (Å²) < 4.78 is 1.64. The summed E-state index contributed by atoms with van der Waals surface area (Å²) in [5.41, 5.74) is 3.96. The largest absolute Gasteiger partial charge is 0.273 e. The van der Waals surface area contributed by atoms with Gasteiger partial charge in [-0.15, -0.1) is 5.10 Å². The van der Waals surface area contributed by atoms with Gasteiger partial charge in [-0.2, -0.15) is 4.68 Å². The van der Waals surface area contributed by atoms with Gasteiger partial charge in [-0.05, 0) is 47.5 Å². The Kier molecular flexibility index (Phi) is 4.57. The molecule has 0 saturated heterocycles. The molecule has 0 radical (unpaired) electrons. The maximum absolute atomic E-state index is 11.1. The lowest BCUT2D eigenvalue weighted by molar-refractivity contribution is -0.385. The van der Waals surface area contributed by atoms with Crippen molar-refractivity contribution in [2.45, 2.75) is 24.8 Å². The molecule has 0 N–H and O–H groups in total. The van der Waals surface area contributed by atoms with Crippen molar-refractivity contribution >= 4 is 17.4 Å². The topological polar surface area (TPSA) is 86.7 Å². The molecular formula is C16H15N5O2S. The summed E-state index contributed by atoms with van der Waals surface area (Å²) in [6, 6.07) is 12.7. The number of aryl methyl sites for hydroxylation is 2. The number of hydrogen-bond donors (Lipinski definition) is 0. The van der Waals surface area contributed by atoms with Crippen LogP contribution < -0.4 is 0 Å². The molecule has 0 aliphatic heterocycles. The highest BCUT2D eigenvalue weighted by Crippen LogP contribution is 2.27. The third-order valence-electron chi connectivity index (χ3n) is 3.72. The normalized spacial score (nSPS) is 10.8. The molecule has 1 aromatic heterocycles. The minimum absolute atomic E-state index is 0.107. The van der Waals surface area contributed by atoms with Crippen molar-refractivity contribution in [2.75, 3.05) is 0 Å². The zero-order valence-electron chi connectivity index (χ0n) is 13.2. The van der Waals surface area contributed by atoms with E-state index in [1.54, 1.807) is 22.9 Å². The molecule has 2 aromatic carbocycles. The second kappa shape index (κ2) is 6.79. The molecule has 7 nitrogen and oxygen atoms in total. The SMILES string of the molecule is Cc1ccc(-n2nnnc2SCc2ccccc2[N+](=O)[O-])cc1C. The average Bonchev–Trinajstić information content (AvgIpc) is 3.04. The molecule has 0 saturated carbocycles. The molecule has 0 aliphatic rings. The number of benzene rings is 2. The highest BCUT2D eigenvalue weighted by molar-refractivity contribution is 7.98. The van der Waals surface area contributed by atoms with E-state index in [-0.39, 0.29) is 10.6 Å². The molecule has 0 atom stereocenters. The van der Waals surface area contributed by atoms with Crippen molar-refractivity contribution < 1.29 is 4.92 Å². The molecule has 122 valence electrons. The van der Waals surface area contributed by atoms with Crippen LogP contribution in [0.2, 0.25) is 0 Å². The van der Waals surface area contributed by atoms with Crippen LogP contribution in [0.3, 0.4) is 0 Å². The number of nitrogens with zero attached hydrogens (tertiary/aromatic N) is 5. The quantitative estimate of drug-likeness (QED) is 0.401. The van der Waals surface area contributed by atoms with Crippen LogP contribution in [0.1, 0.15) is 16.7 Å². The maximum Gasteiger partial charge on any atom is 0.273 e. The molecule has 0 bridgehead atoms. The van der Waals surface area contributed by atoms with E-state index in [9.17, 15) is 10.1 Å². The summed E-state index contributed by atoms with van der Waals surface area (Å²) in [4.78, 5) is 10.7. The van der Waals surface area contributed by atoms with Crippen molar-refractivity contribution in [2.24, 2.45) is 0 Å². The van der Waals surface area contributed by atoms with E-state index in [1.165, 1.54) is 23.4 Å². The highest BCUT2D eigenvalue weighted by Gasteiger charge is 2.15. The van der Waals surface area contributed by atoms with Crippen LogP contribution in [0.25, 0.3) is 5.69 Å². The Labute approximate surface area is 142 Å². The van der Waals surface area contributed by atoms with E-state index >= 15 is 0 Å². The third kappa shape index (κ3) is 3.28. The van der Waals surface area contributed by atoms with Gasteiger partial charge < -0.3 is 0 Å². The first-order valence-corrected chi connectivity index (χ1v) is 8.26. The summed E-state index contributed by atoms with van der Waals surface area (Å²) in [7, 11) is 0. The molecule has 8 heteroatoms. The summed E-state index contributed by atoms with van der Waals surface area (Å²) in [6.07, 6.45) is 0. The standard InChI is InChI=1S/C16H15N5O2S/c1-11-7-8-14(9-12(11)2)20-16(17-18-19-20)24-10-13-5-3-4-6-15(13)21(22)23/h3-9H,10H2,1-2H3. The minimum atomic E-state index is -0.373. The fraction of sp³-hybridized carbons (Fsp3) is 0.188. The van der Waals surface area contributed by atoms with Gasteiger partial charge in [-0.1, -0.05) is 36.0 Å². The number of tetrazole rings is 1. The zero-order valence-corrected chi connectivity index (χ0v) is 14.0. The Hall–Kier alpha value is -2.74. The third-order valence-corrected chi connectivity index (χ3v) is 4.69. The van der Waals surface area contributed by atoms with Crippen molar-refractivity contribution in [1.82, 2.24) is 20.2 Å². The summed E-state index contributed by atoms with van der Waals surface area (Å²) in [6.45, 7) is 4.08. The van der Waals surface area contributed by atoms with Gasteiger partial charge in [0.1, 0.15) is 0 Å². The smallest absolute Gasteiger partial charge is 0.258 e. The van der Waals surface area contributed by atoms with Crippen LogP contribution in [-0.2, 0) is 5.75 Å². The second-order valence-corrected chi connectivity index (χ2v) is 6.26. The fourth-order valence-corrected chi connectivity index (χ4v) is 3.13. The first-order chi connectivity index (χ1) is 11.6. The van der Waals surface area contributed by atoms with Crippen molar-refractivity contribution in [3.63, 3.8) is 0 Å². The van der Waals surface area contributed by atoms with Crippen LogP contribution in [0.5, 0.6) is 0 Å². The molecule has 0 spiro atoms. The van der Waals surface area contributed by atoms with Crippen LogP contribution in [-0.4, -0.2) is 25.1 Å². The van der Waals surface area contributed by atoms with E-state index in [1.807, 2.05) is 32.0 Å². The van der Waals surface area contributed by atoms with Gasteiger partial charge in [-0.3, -0.25) is 10.1 Å². The van der Waals surface area contributed by atoms with Gasteiger partial charge in [0.15, 0.2) is 0 Å². The second-order valence-electron chi connectivity index (χ2n) is 5.32. The number of aromatic nitrogens is 4. The molecule has 0 amide bonds. The van der Waals surface area contributed by atoms with Gasteiger partial charge in [0, 0.05) is 17.4 Å². The Balaban J connectivity index is 1.84. The number of hydrogen-bond acceptors (Lipinski definition) is 6. The molecule has 0 aliphatic carbocycles. The lowest BCUT2D eigenvalue weighted by Gasteiger charge is -2.07. The molecule has 3 aromatic rings. The van der Waals surface area contributed by atoms with E-state index in [0.29, 0.717) is 16.5 Å². The lowest BCUT2D eigenvalue weighted by atomic mass is 10.1. The summed E-state index contributed by atoms with van der Waals surface area (Å²) in [5.74, 6) is 0.419. The summed E-state index contributed by atoms with van der Waals surface area (Å²) in [5, 5.41) is 23.5. The van der Waals surface area contributed by atoms with E-state index in [2.05, 4.69) is 15.5 Å². The van der Waals surface area contributed by atoms with Gasteiger partial charge in [-0.25, -0.2) is 0 Å². The predicted octanol–water partition coefficient (Wildman–Crippen LogP) is 3.48. The Morgan fingerprint density at radius 1 is 1.17 bits per heavy atom. The highest BCUT2D eigenvalue weighted by atomic mass is 32.2. The van der Waals surface area contributed by atoms with Crippen molar-refractivity contribution in [3.05, 3.63) is 69.3 Å².